The summed E-state index contributed by atoms with van der Waals surface area (Å²) in [7, 11) is 0. The number of hydrogen-bond acceptors (Lipinski definition) is 3. The molecule has 0 aromatic carbocycles. The van der Waals surface area contributed by atoms with E-state index in [9.17, 15) is 9.59 Å². The molecule has 2 atom stereocenters. The molecule has 1 fully saturated rings. The van der Waals surface area contributed by atoms with Gasteiger partial charge in [0.2, 0.25) is 11.8 Å². The van der Waals surface area contributed by atoms with E-state index < -0.39 is 12.1 Å². The smallest absolute Gasteiger partial charge is 0.250 e. The highest BCUT2D eigenvalue weighted by Crippen LogP contribution is 2.18. The van der Waals surface area contributed by atoms with Crippen molar-refractivity contribution < 1.29 is 14.3 Å². The van der Waals surface area contributed by atoms with Crippen molar-refractivity contribution in [1.29, 1.82) is 0 Å². The average molecular weight is 210 g/mol. The van der Waals surface area contributed by atoms with E-state index in [1.54, 1.807) is 0 Å². The second-order valence-corrected chi connectivity index (χ2v) is 4.11. The number of rotatable bonds is 1. The normalized spacial score (nSPS) is 29.9. The van der Waals surface area contributed by atoms with Gasteiger partial charge in [0.1, 0.15) is 18.7 Å². The first-order valence-electron chi connectivity index (χ1n) is 5.02. The van der Waals surface area contributed by atoms with E-state index in [0.717, 1.165) is 0 Å². The summed E-state index contributed by atoms with van der Waals surface area (Å²) >= 11 is 0. The van der Waals surface area contributed by atoms with Gasteiger partial charge >= 0.3 is 0 Å². The van der Waals surface area contributed by atoms with Gasteiger partial charge in [-0.3, -0.25) is 14.5 Å². The molecule has 5 heteroatoms. The Morgan fingerprint density at radius 1 is 1.53 bits per heavy atom. The molecule has 0 aromatic rings. The molecule has 2 heterocycles. The van der Waals surface area contributed by atoms with Crippen molar-refractivity contribution in [1.82, 2.24) is 10.2 Å². The number of carbonyl (C=O) groups excluding carboxylic acids is 2. The second-order valence-electron chi connectivity index (χ2n) is 4.11. The number of nitrogens with zero attached hydrogens (tertiary/aromatic N) is 1. The van der Waals surface area contributed by atoms with Gasteiger partial charge in [-0.05, 0) is 5.92 Å². The van der Waals surface area contributed by atoms with E-state index in [1.807, 2.05) is 13.8 Å². The number of fused-ring (bicyclic) bond motifs is 1. The number of piperazine rings is 1. The Hall–Kier alpha value is -1.52. The molecule has 15 heavy (non-hydrogen) atoms. The fourth-order valence-electron chi connectivity index (χ4n) is 1.79. The van der Waals surface area contributed by atoms with Crippen molar-refractivity contribution in [3.8, 4) is 0 Å². The number of nitrogens with one attached hydrogen (secondary N) is 1. The van der Waals surface area contributed by atoms with E-state index in [2.05, 4.69) is 5.32 Å². The monoisotopic (exact) mass is 210 g/mol. The maximum Gasteiger partial charge on any atom is 0.250 e. The zero-order chi connectivity index (χ0) is 11.0. The molecule has 0 saturated carbocycles. The predicted molar refractivity (Wildman–Crippen MR) is 52.5 cm³/mol. The van der Waals surface area contributed by atoms with E-state index in [1.165, 1.54) is 17.4 Å². The molecular weight excluding hydrogens is 196 g/mol. The summed E-state index contributed by atoms with van der Waals surface area (Å²) in [6.07, 6.45) is 2.98. The number of hydrogen-bond donors (Lipinski definition) is 1. The van der Waals surface area contributed by atoms with Gasteiger partial charge in [-0.25, -0.2) is 0 Å². The average Bonchev–Trinajstić information content (AvgIpc) is 2.23. The Balaban J connectivity index is 2.25. The van der Waals surface area contributed by atoms with Crippen LogP contribution in [-0.2, 0) is 14.3 Å². The highest BCUT2D eigenvalue weighted by atomic mass is 16.5. The molecule has 5 nitrogen and oxygen atoms in total. The minimum atomic E-state index is -0.502. The van der Waals surface area contributed by atoms with Gasteiger partial charge in [-0.15, -0.1) is 0 Å². The predicted octanol–water partition coefficient (Wildman–Crippen LogP) is -0.161. The fraction of sp³-hybridized carbons (Fsp3) is 0.600. The van der Waals surface area contributed by atoms with Crippen LogP contribution >= 0.6 is 0 Å². The van der Waals surface area contributed by atoms with Crippen LogP contribution in [0, 0.1) is 5.92 Å². The zero-order valence-electron chi connectivity index (χ0n) is 8.77. The third-order valence-corrected chi connectivity index (χ3v) is 2.70. The van der Waals surface area contributed by atoms with Crippen LogP contribution in [0.2, 0.25) is 0 Å². The molecular formula is C10H14N2O3. The standard InChI is InChI=1S/C10H14N2O3/c1-6(2)8-10(14)12-3-4-15-5-7(12)9(13)11-8/h3-4,6-8H,5H2,1-2H3,(H,11,13)/t7-,8+/m1/s1. The molecule has 0 bridgehead atoms. The van der Waals surface area contributed by atoms with Crippen molar-refractivity contribution in [2.24, 2.45) is 5.92 Å². The zero-order valence-corrected chi connectivity index (χ0v) is 8.77. The van der Waals surface area contributed by atoms with Crippen LogP contribution in [0.4, 0.5) is 0 Å². The summed E-state index contributed by atoms with van der Waals surface area (Å²) in [6.45, 7) is 4.06. The Morgan fingerprint density at radius 2 is 2.27 bits per heavy atom. The Kier molecular flexibility index (Phi) is 2.38. The van der Waals surface area contributed by atoms with Gasteiger partial charge in [-0.1, -0.05) is 13.8 Å². The van der Waals surface area contributed by atoms with Crippen molar-refractivity contribution in [3.05, 3.63) is 12.5 Å². The Labute approximate surface area is 88.1 Å². The first-order valence-corrected chi connectivity index (χ1v) is 5.02. The molecule has 0 unspecified atom stereocenters. The first kappa shape index (κ1) is 10.0. The third kappa shape index (κ3) is 1.58. The van der Waals surface area contributed by atoms with Gasteiger partial charge in [0.25, 0.3) is 0 Å². The Bertz CT molecular complexity index is 325. The summed E-state index contributed by atoms with van der Waals surface area (Å²) in [5.74, 6) is -0.106. The molecule has 2 aliphatic rings. The van der Waals surface area contributed by atoms with Crippen LogP contribution in [0.3, 0.4) is 0 Å². The van der Waals surface area contributed by atoms with Gasteiger partial charge in [0, 0.05) is 6.20 Å². The summed E-state index contributed by atoms with van der Waals surface area (Å²) in [6, 6.07) is -0.922. The topological polar surface area (TPSA) is 58.6 Å². The fourth-order valence-corrected chi connectivity index (χ4v) is 1.79. The molecule has 0 radical (unpaired) electrons. The molecule has 0 spiro atoms. The van der Waals surface area contributed by atoms with Crippen LogP contribution in [0.25, 0.3) is 0 Å². The summed E-state index contributed by atoms with van der Waals surface area (Å²) in [5.41, 5.74) is 0. The number of amides is 2. The maximum atomic E-state index is 12.0. The lowest BCUT2D eigenvalue weighted by Gasteiger charge is -2.39. The Morgan fingerprint density at radius 3 is 2.93 bits per heavy atom. The van der Waals surface area contributed by atoms with E-state index >= 15 is 0 Å². The molecule has 1 saturated heterocycles. The lowest BCUT2D eigenvalue weighted by molar-refractivity contribution is -0.150. The van der Waals surface area contributed by atoms with E-state index in [0.29, 0.717) is 0 Å². The van der Waals surface area contributed by atoms with Crippen LogP contribution in [-0.4, -0.2) is 35.4 Å². The van der Waals surface area contributed by atoms with Crippen LogP contribution in [0.1, 0.15) is 13.8 Å². The number of carbonyl (C=O) groups is 2. The summed E-state index contributed by atoms with van der Waals surface area (Å²) < 4.78 is 5.02. The highest BCUT2D eigenvalue weighted by Gasteiger charge is 2.42. The third-order valence-electron chi connectivity index (χ3n) is 2.70. The molecule has 82 valence electrons. The quantitative estimate of drug-likeness (QED) is 0.654. The minimum Gasteiger partial charge on any atom is -0.497 e. The maximum absolute atomic E-state index is 12.0. The van der Waals surface area contributed by atoms with Crippen molar-refractivity contribution in [3.63, 3.8) is 0 Å². The van der Waals surface area contributed by atoms with Crippen LogP contribution < -0.4 is 5.32 Å². The van der Waals surface area contributed by atoms with Crippen molar-refractivity contribution in [2.45, 2.75) is 25.9 Å². The van der Waals surface area contributed by atoms with Crippen molar-refractivity contribution >= 4 is 11.8 Å². The molecule has 2 rings (SSSR count). The highest BCUT2D eigenvalue weighted by molar-refractivity contribution is 5.97. The number of ether oxygens (including phenoxy) is 1. The summed E-state index contributed by atoms with van der Waals surface area (Å²) in [4.78, 5) is 25.1. The minimum absolute atomic E-state index is 0.0610. The largest absolute Gasteiger partial charge is 0.497 e. The molecule has 1 N–H and O–H groups in total. The second kappa shape index (κ2) is 3.56. The molecule has 2 aliphatic heterocycles. The van der Waals surface area contributed by atoms with Crippen LogP contribution in [0.15, 0.2) is 12.5 Å². The molecule has 2 amide bonds. The molecule has 0 aliphatic carbocycles. The SMILES string of the molecule is CC(C)[C@@H]1NC(=O)[C@H]2COC=CN2C1=O. The lowest BCUT2D eigenvalue weighted by Crippen LogP contribution is -2.64. The van der Waals surface area contributed by atoms with Crippen LogP contribution in [0.5, 0.6) is 0 Å². The van der Waals surface area contributed by atoms with Gasteiger partial charge < -0.3 is 10.1 Å². The first-order chi connectivity index (χ1) is 7.11. The molecule has 0 aromatic heterocycles. The van der Waals surface area contributed by atoms with Gasteiger partial charge in [0.05, 0.1) is 6.26 Å². The van der Waals surface area contributed by atoms with E-state index in [4.69, 9.17) is 4.74 Å². The van der Waals surface area contributed by atoms with Gasteiger partial charge in [0.15, 0.2) is 0 Å². The van der Waals surface area contributed by atoms with Gasteiger partial charge in [-0.2, -0.15) is 0 Å². The lowest BCUT2D eigenvalue weighted by atomic mass is 9.98. The van der Waals surface area contributed by atoms with E-state index in [-0.39, 0.29) is 24.3 Å². The van der Waals surface area contributed by atoms with Crippen molar-refractivity contribution in [2.75, 3.05) is 6.61 Å². The summed E-state index contributed by atoms with van der Waals surface area (Å²) in [5, 5.41) is 2.72.